The van der Waals surface area contributed by atoms with Gasteiger partial charge in [-0.3, -0.25) is 4.79 Å². The van der Waals surface area contributed by atoms with Gasteiger partial charge < -0.3 is 10.1 Å². The lowest BCUT2D eigenvalue weighted by Crippen LogP contribution is -2.32. The Bertz CT molecular complexity index is 768. The van der Waals surface area contributed by atoms with Crippen LogP contribution in [-0.2, 0) is 9.53 Å². The van der Waals surface area contributed by atoms with Gasteiger partial charge in [-0.15, -0.1) is 0 Å². The molecule has 24 heavy (non-hydrogen) atoms. The summed E-state index contributed by atoms with van der Waals surface area (Å²) in [5.41, 5.74) is 0.425. The van der Waals surface area contributed by atoms with Crippen molar-refractivity contribution in [3.05, 3.63) is 57.3 Å². The predicted octanol–water partition coefficient (Wildman–Crippen LogP) is 4.62. The highest BCUT2D eigenvalue weighted by atomic mass is 35.5. The third-order valence-corrected chi connectivity index (χ3v) is 4.22. The van der Waals surface area contributed by atoms with Crippen molar-refractivity contribution in [3.8, 4) is 0 Å². The van der Waals surface area contributed by atoms with Crippen LogP contribution in [0, 0.1) is 0 Å². The number of rotatable bonds is 5. The van der Waals surface area contributed by atoms with Gasteiger partial charge in [-0.05, 0) is 30.7 Å². The zero-order valence-electron chi connectivity index (χ0n) is 12.6. The Morgan fingerprint density at radius 2 is 1.96 bits per heavy atom. The highest BCUT2D eigenvalue weighted by molar-refractivity contribution is 6.44. The molecular formula is C16H13Cl3N2O3. The molecule has 8 heteroatoms. The summed E-state index contributed by atoms with van der Waals surface area (Å²) in [5.74, 6) is -1.25. The largest absolute Gasteiger partial charge is 0.449 e. The summed E-state index contributed by atoms with van der Waals surface area (Å²) in [7, 11) is 0. The van der Waals surface area contributed by atoms with Crippen molar-refractivity contribution in [1.82, 2.24) is 4.98 Å². The Kier molecular flexibility index (Phi) is 6.43. The van der Waals surface area contributed by atoms with Crippen molar-refractivity contribution in [3.63, 3.8) is 0 Å². The molecule has 0 aliphatic heterocycles. The van der Waals surface area contributed by atoms with Crippen LogP contribution in [0.1, 0.15) is 23.7 Å². The zero-order valence-corrected chi connectivity index (χ0v) is 14.8. The molecule has 0 aliphatic carbocycles. The number of carbonyl (C=O) groups excluding carboxylic acids is 2. The van der Waals surface area contributed by atoms with E-state index in [4.69, 9.17) is 39.5 Å². The molecule has 0 radical (unpaired) electrons. The molecule has 1 heterocycles. The quantitative estimate of drug-likeness (QED) is 0.600. The van der Waals surface area contributed by atoms with E-state index in [1.54, 1.807) is 31.2 Å². The second-order valence-electron chi connectivity index (χ2n) is 4.73. The Balaban J connectivity index is 2.10. The van der Waals surface area contributed by atoms with E-state index < -0.39 is 18.0 Å². The third-order valence-electron chi connectivity index (χ3n) is 3.10. The van der Waals surface area contributed by atoms with Crippen molar-refractivity contribution in [2.75, 3.05) is 5.32 Å². The first-order valence-corrected chi connectivity index (χ1v) is 8.13. The van der Waals surface area contributed by atoms with Crippen molar-refractivity contribution < 1.29 is 14.3 Å². The Morgan fingerprint density at radius 3 is 2.62 bits per heavy atom. The Hall–Kier alpha value is -1.82. The van der Waals surface area contributed by atoms with Gasteiger partial charge in [0.05, 0.1) is 21.3 Å². The molecule has 1 N–H and O–H groups in total. The molecule has 0 fully saturated rings. The average molecular weight is 388 g/mol. The van der Waals surface area contributed by atoms with Gasteiger partial charge >= 0.3 is 5.97 Å². The predicted molar refractivity (Wildman–Crippen MR) is 93.8 cm³/mol. The first-order chi connectivity index (χ1) is 11.4. The molecular weight excluding hydrogens is 375 g/mol. The summed E-state index contributed by atoms with van der Waals surface area (Å²) in [6.45, 7) is 1.71. The van der Waals surface area contributed by atoms with E-state index in [0.29, 0.717) is 10.7 Å². The van der Waals surface area contributed by atoms with Gasteiger partial charge in [-0.2, -0.15) is 0 Å². The van der Waals surface area contributed by atoms with Gasteiger partial charge in [0, 0.05) is 6.20 Å². The molecule has 5 nitrogen and oxygen atoms in total. The number of halogens is 3. The van der Waals surface area contributed by atoms with Crippen molar-refractivity contribution >= 4 is 52.4 Å². The molecule has 1 unspecified atom stereocenters. The van der Waals surface area contributed by atoms with Gasteiger partial charge in [-0.25, -0.2) is 9.78 Å². The second-order valence-corrected chi connectivity index (χ2v) is 5.88. The molecule has 0 saturated carbocycles. The number of nitrogens with zero attached hydrogens (tertiary/aromatic N) is 1. The van der Waals surface area contributed by atoms with Gasteiger partial charge in [0.25, 0.3) is 5.91 Å². The first-order valence-electron chi connectivity index (χ1n) is 7.00. The lowest BCUT2D eigenvalue weighted by molar-refractivity contribution is -0.124. The third kappa shape index (κ3) is 4.38. The van der Waals surface area contributed by atoms with Crippen LogP contribution in [0.25, 0.3) is 0 Å². The monoisotopic (exact) mass is 386 g/mol. The van der Waals surface area contributed by atoms with Crippen molar-refractivity contribution in [1.29, 1.82) is 0 Å². The topological polar surface area (TPSA) is 68.3 Å². The van der Waals surface area contributed by atoms with Crippen LogP contribution in [0.5, 0.6) is 0 Å². The standard InChI is InChI=1S/C16H13Cl3N2O3/c1-2-12(24-16(23)9-5-4-8-20-14(9)19)15(22)21-11-7-3-6-10(17)13(11)18/h3-8,12H,2H2,1H3,(H,21,22). The van der Waals surface area contributed by atoms with Gasteiger partial charge in [0.15, 0.2) is 6.10 Å². The number of ether oxygens (including phenoxy) is 1. The number of benzene rings is 1. The van der Waals surface area contributed by atoms with E-state index in [1.165, 1.54) is 12.3 Å². The van der Waals surface area contributed by atoms with Crippen LogP contribution < -0.4 is 5.32 Å². The number of hydrogen-bond donors (Lipinski definition) is 1. The van der Waals surface area contributed by atoms with Crippen molar-refractivity contribution in [2.24, 2.45) is 0 Å². The maximum Gasteiger partial charge on any atom is 0.342 e. The number of anilines is 1. The minimum absolute atomic E-state index is 0.00986. The molecule has 0 bridgehead atoms. The summed E-state index contributed by atoms with van der Waals surface area (Å²) in [6.07, 6.45) is 0.710. The number of hydrogen-bond acceptors (Lipinski definition) is 4. The fraction of sp³-hybridized carbons (Fsp3) is 0.188. The average Bonchev–Trinajstić information content (AvgIpc) is 2.57. The van der Waals surface area contributed by atoms with Crippen LogP contribution in [0.3, 0.4) is 0 Å². The second kappa shape index (κ2) is 8.33. The summed E-state index contributed by atoms with van der Waals surface area (Å²) < 4.78 is 5.22. The summed E-state index contributed by atoms with van der Waals surface area (Å²) in [5, 5.41) is 3.12. The van der Waals surface area contributed by atoms with Crippen LogP contribution >= 0.6 is 34.8 Å². The molecule has 2 aromatic rings. The Morgan fingerprint density at radius 1 is 1.21 bits per heavy atom. The fourth-order valence-corrected chi connectivity index (χ4v) is 2.41. The molecule has 1 amide bonds. The summed E-state index contributed by atoms with van der Waals surface area (Å²) >= 11 is 17.8. The lowest BCUT2D eigenvalue weighted by atomic mass is 10.2. The highest BCUT2D eigenvalue weighted by Crippen LogP contribution is 2.29. The van der Waals surface area contributed by atoms with E-state index in [9.17, 15) is 9.59 Å². The summed E-state index contributed by atoms with van der Waals surface area (Å²) in [6, 6.07) is 7.86. The minimum Gasteiger partial charge on any atom is -0.449 e. The van der Waals surface area contributed by atoms with Gasteiger partial charge in [0.1, 0.15) is 5.15 Å². The highest BCUT2D eigenvalue weighted by Gasteiger charge is 2.24. The molecule has 0 saturated heterocycles. The van der Waals surface area contributed by atoms with Crippen LogP contribution in [-0.4, -0.2) is 23.0 Å². The SMILES string of the molecule is CCC(OC(=O)c1cccnc1Cl)C(=O)Nc1cccc(Cl)c1Cl. The Labute approximate surface area is 153 Å². The molecule has 0 aliphatic rings. The maximum absolute atomic E-state index is 12.3. The van der Waals surface area contributed by atoms with Crippen LogP contribution in [0.15, 0.2) is 36.5 Å². The molecule has 1 aromatic carbocycles. The number of nitrogens with one attached hydrogen (secondary N) is 1. The van der Waals surface area contributed by atoms with E-state index in [2.05, 4.69) is 10.3 Å². The van der Waals surface area contributed by atoms with E-state index >= 15 is 0 Å². The normalized spacial score (nSPS) is 11.7. The molecule has 126 valence electrons. The van der Waals surface area contributed by atoms with E-state index in [1.807, 2.05) is 0 Å². The van der Waals surface area contributed by atoms with Crippen LogP contribution in [0.2, 0.25) is 15.2 Å². The number of esters is 1. The fourth-order valence-electron chi connectivity index (χ4n) is 1.87. The number of aromatic nitrogens is 1. The first kappa shape index (κ1) is 18.5. The number of pyridine rings is 1. The molecule has 1 aromatic heterocycles. The molecule has 0 spiro atoms. The maximum atomic E-state index is 12.3. The van der Waals surface area contributed by atoms with Gasteiger partial charge in [-0.1, -0.05) is 47.8 Å². The van der Waals surface area contributed by atoms with Crippen molar-refractivity contribution in [2.45, 2.75) is 19.4 Å². The zero-order chi connectivity index (χ0) is 17.7. The minimum atomic E-state index is -1.01. The molecule has 1 atom stereocenters. The lowest BCUT2D eigenvalue weighted by Gasteiger charge is -2.17. The van der Waals surface area contributed by atoms with E-state index in [-0.39, 0.29) is 22.2 Å². The van der Waals surface area contributed by atoms with Gasteiger partial charge in [0.2, 0.25) is 0 Å². The number of amides is 1. The smallest absolute Gasteiger partial charge is 0.342 e. The summed E-state index contributed by atoms with van der Waals surface area (Å²) in [4.78, 5) is 28.3. The van der Waals surface area contributed by atoms with E-state index in [0.717, 1.165) is 0 Å². The van der Waals surface area contributed by atoms with Crippen LogP contribution in [0.4, 0.5) is 5.69 Å². The molecule has 2 rings (SSSR count). The number of carbonyl (C=O) groups is 2.